The Kier molecular flexibility index (Phi) is 9.37. The molecule has 0 atom stereocenters. The molecule has 0 fully saturated rings. The van der Waals surface area contributed by atoms with E-state index in [4.69, 9.17) is 15.4 Å². The summed E-state index contributed by atoms with van der Waals surface area (Å²) in [7, 11) is 0. The van der Waals surface area contributed by atoms with E-state index >= 15 is 0 Å². The van der Waals surface area contributed by atoms with Crippen LogP contribution in [0.5, 0.6) is 0 Å². The Balaban J connectivity index is 1.26. The normalized spacial score (nSPS) is 11.8. The number of rotatable bonds is 7. The maximum atomic E-state index is 5.23. The summed E-state index contributed by atoms with van der Waals surface area (Å²) in [5, 5.41) is 17.5. The Morgan fingerprint density at radius 2 is 0.984 bits per heavy atom. The molecule has 0 saturated carbocycles. The van der Waals surface area contributed by atoms with Gasteiger partial charge in [0.25, 0.3) is 0 Å². The van der Waals surface area contributed by atoms with E-state index in [1.54, 1.807) is 0 Å². The SMILES string of the molecule is Cc1cc2c(c(-c3c(-c4ccccc4)nnnc3-c3cccc(-c4ccccc4)c3-c3c(-c4ccccc4-c4ccccc4)ccc4[se]c5ccccc5c34)c1C)Cc1ccccc1-2. The van der Waals surface area contributed by atoms with Gasteiger partial charge in [0, 0.05) is 0 Å². The molecule has 4 heteroatoms. The number of fused-ring (bicyclic) bond motifs is 6. The fraction of sp³-hybridized carbons (Fsp3) is 0.0500. The Labute approximate surface area is 379 Å². The minimum absolute atomic E-state index is 0.135. The van der Waals surface area contributed by atoms with Gasteiger partial charge in [-0.05, 0) is 0 Å². The fourth-order valence-electron chi connectivity index (χ4n) is 10.2. The average molecular weight is 883 g/mol. The number of aromatic nitrogens is 3. The second-order valence-corrected chi connectivity index (χ2v) is 19.0. The van der Waals surface area contributed by atoms with Gasteiger partial charge in [-0.2, -0.15) is 0 Å². The van der Waals surface area contributed by atoms with E-state index in [1.165, 1.54) is 86.1 Å². The second kappa shape index (κ2) is 15.7. The molecule has 0 radical (unpaired) electrons. The summed E-state index contributed by atoms with van der Waals surface area (Å²) in [4.78, 5) is 0. The van der Waals surface area contributed by atoms with Crippen molar-refractivity contribution in [3.63, 3.8) is 0 Å². The molecule has 2 aromatic heterocycles. The predicted octanol–water partition coefficient (Wildman–Crippen LogP) is 15.1. The van der Waals surface area contributed by atoms with E-state index in [9.17, 15) is 0 Å². The van der Waals surface area contributed by atoms with Crippen LogP contribution in [0.3, 0.4) is 0 Å². The van der Waals surface area contributed by atoms with Gasteiger partial charge in [0.1, 0.15) is 0 Å². The Morgan fingerprint density at radius 3 is 1.75 bits per heavy atom. The second-order valence-electron chi connectivity index (χ2n) is 16.7. The number of aryl methyl sites for hydroxylation is 1. The van der Waals surface area contributed by atoms with Crippen molar-refractivity contribution >= 4 is 33.8 Å². The van der Waals surface area contributed by atoms with Crippen LogP contribution in [0, 0.1) is 13.8 Å². The quantitative estimate of drug-likeness (QED) is 0.150. The standard InChI is InChI=1S/C60H41N3Se/c1-37-35-50-44-27-13-12-25-42(44)36-51(50)54(38(37)2)58-59(41-23-10-5-11-24-41)61-63-62-60(58)49-31-18-30-45(40-21-8-4-9-22-40)55(49)57-47(33-34-53-56(57)48-29-16-17-32-52(48)64-53)46-28-15-14-26-43(46)39-19-6-3-7-20-39/h3-35H,36H2,1-2H3. The van der Waals surface area contributed by atoms with Crippen molar-refractivity contribution in [2.24, 2.45) is 0 Å². The molecule has 64 heavy (non-hydrogen) atoms. The molecule has 0 spiro atoms. The molecule has 1 aliphatic rings. The maximum absolute atomic E-state index is 5.23. The van der Waals surface area contributed by atoms with Crippen LogP contribution in [-0.2, 0) is 6.42 Å². The summed E-state index contributed by atoms with van der Waals surface area (Å²) in [6.07, 6.45) is 0.834. The first-order valence-corrected chi connectivity index (χ1v) is 23.6. The third-order valence-electron chi connectivity index (χ3n) is 13.2. The van der Waals surface area contributed by atoms with E-state index in [2.05, 4.69) is 214 Å². The van der Waals surface area contributed by atoms with Gasteiger partial charge >= 0.3 is 369 Å². The third kappa shape index (κ3) is 6.21. The van der Waals surface area contributed by atoms with Gasteiger partial charge in [0.15, 0.2) is 0 Å². The van der Waals surface area contributed by atoms with Crippen molar-refractivity contribution in [3.8, 4) is 89.3 Å². The van der Waals surface area contributed by atoms with E-state index in [-0.39, 0.29) is 14.5 Å². The molecule has 1 aliphatic carbocycles. The van der Waals surface area contributed by atoms with Crippen molar-refractivity contribution in [1.29, 1.82) is 0 Å². The molecule has 0 unspecified atom stereocenters. The Morgan fingerprint density at radius 1 is 0.391 bits per heavy atom. The van der Waals surface area contributed by atoms with Crippen molar-refractivity contribution in [2.45, 2.75) is 20.3 Å². The van der Waals surface area contributed by atoms with Gasteiger partial charge in [0.2, 0.25) is 0 Å². The van der Waals surface area contributed by atoms with Gasteiger partial charge in [-0.3, -0.25) is 0 Å². The molecule has 0 bridgehead atoms. The zero-order valence-corrected chi connectivity index (χ0v) is 37.2. The molecular weight excluding hydrogens is 842 g/mol. The summed E-state index contributed by atoms with van der Waals surface area (Å²) < 4.78 is 2.79. The molecule has 0 amide bonds. The zero-order chi connectivity index (χ0) is 42.7. The van der Waals surface area contributed by atoms with Crippen molar-refractivity contribution in [1.82, 2.24) is 15.4 Å². The molecule has 12 rings (SSSR count). The summed E-state index contributed by atoms with van der Waals surface area (Å²) in [5.41, 5.74) is 23.0. The van der Waals surface area contributed by atoms with Crippen LogP contribution < -0.4 is 0 Å². The van der Waals surface area contributed by atoms with Crippen LogP contribution in [0.25, 0.3) is 109 Å². The first-order chi connectivity index (χ1) is 31.6. The van der Waals surface area contributed by atoms with Crippen LogP contribution >= 0.6 is 0 Å². The topological polar surface area (TPSA) is 38.7 Å². The molecule has 302 valence electrons. The summed E-state index contributed by atoms with van der Waals surface area (Å²) in [6, 6.07) is 73.0. The zero-order valence-electron chi connectivity index (χ0n) is 35.5. The molecule has 3 nitrogen and oxygen atoms in total. The molecule has 0 aliphatic heterocycles. The van der Waals surface area contributed by atoms with Crippen LogP contribution in [0.15, 0.2) is 200 Å². The van der Waals surface area contributed by atoms with E-state index in [1.807, 2.05) is 0 Å². The van der Waals surface area contributed by atoms with Crippen molar-refractivity contribution in [3.05, 3.63) is 222 Å². The third-order valence-corrected chi connectivity index (χ3v) is 15.6. The molecule has 11 aromatic rings. The summed E-state index contributed by atoms with van der Waals surface area (Å²) in [5.74, 6) is 0. The van der Waals surface area contributed by atoms with Crippen LogP contribution in [-0.4, -0.2) is 29.9 Å². The van der Waals surface area contributed by atoms with Crippen LogP contribution in [0.1, 0.15) is 22.3 Å². The Hall–Kier alpha value is -7.49. The first kappa shape index (κ1) is 38.2. The molecule has 2 heterocycles. The average Bonchev–Trinajstić information content (AvgIpc) is 3.93. The molecular formula is C60H41N3Se. The minimum atomic E-state index is 0.135. The number of nitrogens with zero attached hydrogens (tertiary/aromatic N) is 3. The van der Waals surface area contributed by atoms with Crippen LogP contribution in [0.2, 0.25) is 0 Å². The van der Waals surface area contributed by atoms with Gasteiger partial charge < -0.3 is 0 Å². The van der Waals surface area contributed by atoms with Gasteiger partial charge in [-0.15, -0.1) is 0 Å². The van der Waals surface area contributed by atoms with Crippen LogP contribution in [0.4, 0.5) is 0 Å². The van der Waals surface area contributed by atoms with E-state index in [0.29, 0.717) is 0 Å². The van der Waals surface area contributed by atoms with Crippen molar-refractivity contribution < 1.29 is 0 Å². The monoisotopic (exact) mass is 883 g/mol. The number of benzene rings is 9. The first-order valence-electron chi connectivity index (χ1n) is 21.9. The molecule has 0 saturated heterocycles. The Bertz CT molecular complexity index is 3590. The van der Waals surface area contributed by atoms with E-state index < -0.39 is 0 Å². The van der Waals surface area contributed by atoms with Gasteiger partial charge in [-0.25, -0.2) is 0 Å². The fourth-order valence-corrected chi connectivity index (χ4v) is 12.5. The number of hydrogen-bond donors (Lipinski definition) is 0. The summed E-state index contributed by atoms with van der Waals surface area (Å²) in [6.45, 7) is 4.52. The van der Waals surface area contributed by atoms with E-state index in [0.717, 1.165) is 51.2 Å². The molecule has 9 aromatic carbocycles. The molecule has 0 N–H and O–H groups in total. The number of hydrogen-bond acceptors (Lipinski definition) is 3. The predicted molar refractivity (Wildman–Crippen MR) is 268 cm³/mol. The van der Waals surface area contributed by atoms with Gasteiger partial charge in [-0.1, -0.05) is 12.1 Å². The van der Waals surface area contributed by atoms with Crippen molar-refractivity contribution in [2.75, 3.05) is 0 Å². The summed E-state index contributed by atoms with van der Waals surface area (Å²) >= 11 is 0.135. The van der Waals surface area contributed by atoms with Gasteiger partial charge in [0.05, 0.1) is 0 Å².